The molecule has 0 radical (unpaired) electrons. The van der Waals surface area contributed by atoms with Gasteiger partial charge in [0.15, 0.2) is 5.69 Å². The van der Waals surface area contributed by atoms with Crippen molar-refractivity contribution in [1.82, 2.24) is 20.3 Å². The molecule has 0 bridgehead atoms. The molecule has 0 saturated carbocycles. The molecule has 7 heteroatoms. The molecule has 2 heterocycles. The fraction of sp³-hybridized carbons (Fsp3) is 0.318. The molecule has 0 atom stereocenters. The Balaban J connectivity index is 1.36. The summed E-state index contributed by atoms with van der Waals surface area (Å²) in [4.78, 5) is 12.7. The SMILES string of the molecule is Cc1c(C(=O)Nc2ccc(OCc3ccccc3)cc2)nnn1C1CCNCC1. The van der Waals surface area contributed by atoms with Crippen molar-refractivity contribution in [2.24, 2.45) is 0 Å². The molecule has 150 valence electrons. The van der Waals surface area contributed by atoms with E-state index in [1.165, 1.54) is 0 Å². The lowest BCUT2D eigenvalue weighted by Crippen LogP contribution is -2.30. The van der Waals surface area contributed by atoms with Crippen molar-refractivity contribution in [2.75, 3.05) is 18.4 Å². The zero-order valence-electron chi connectivity index (χ0n) is 16.5. The van der Waals surface area contributed by atoms with Crippen LogP contribution < -0.4 is 15.4 Å². The topological polar surface area (TPSA) is 81.1 Å². The molecule has 1 saturated heterocycles. The monoisotopic (exact) mass is 391 g/mol. The van der Waals surface area contributed by atoms with Gasteiger partial charge < -0.3 is 15.4 Å². The van der Waals surface area contributed by atoms with E-state index in [0.717, 1.165) is 42.9 Å². The number of carbonyl (C=O) groups excluding carboxylic acids is 1. The fourth-order valence-electron chi connectivity index (χ4n) is 3.51. The molecule has 1 amide bonds. The summed E-state index contributed by atoms with van der Waals surface area (Å²) in [6.07, 6.45) is 1.99. The van der Waals surface area contributed by atoms with E-state index in [4.69, 9.17) is 4.74 Å². The van der Waals surface area contributed by atoms with E-state index in [2.05, 4.69) is 20.9 Å². The van der Waals surface area contributed by atoms with Crippen LogP contribution in [0.25, 0.3) is 0 Å². The summed E-state index contributed by atoms with van der Waals surface area (Å²) in [5.74, 6) is 0.500. The predicted molar refractivity (Wildman–Crippen MR) is 111 cm³/mol. The third-order valence-corrected chi connectivity index (χ3v) is 5.16. The maximum Gasteiger partial charge on any atom is 0.278 e. The second-order valence-electron chi connectivity index (χ2n) is 7.20. The molecule has 0 spiro atoms. The van der Waals surface area contributed by atoms with Crippen LogP contribution >= 0.6 is 0 Å². The average molecular weight is 391 g/mol. The molecule has 0 unspecified atom stereocenters. The van der Waals surface area contributed by atoms with Crippen LogP contribution in [0.5, 0.6) is 5.75 Å². The van der Waals surface area contributed by atoms with Gasteiger partial charge in [0, 0.05) is 5.69 Å². The Labute approximate surface area is 170 Å². The normalized spacial score (nSPS) is 14.5. The zero-order chi connectivity index (χ0) is 20.1. The van der Waals surface area contributed by atoms with Crippen molar-refractivity contribution in [1.29, 1.82) is 0 Å². The van der Waals surface area contributed by atoms with Gasteiger partial charge in [-0.05, 0) is 62.7 Å². The predicted octanol–water partition coefficient (Wildman–Crippen LogP) is 3.34. The minimum atomic E-state index is -0.249. The third-order valence-electron chi connectivity index (χ3n) is 5.16. The molecule has 3 aromatic rings. The minimum absolute atomic E-state index is 0.249. The number of hydrogen-bond donors (Lipinski definition) is 2. The second kappa shape index (κ2) is 8.87. The lowest BCUT2D eigenvalue weighted by atomic mass is 10.1. The van der Waals surface area contributed by atoms with Crippen molar-refractivity contribution in [2.45, 2.75) is 32.4 Å². The van der Waals surface area contributed by atoms with Gasteiger partial charge >= 0.3 is 0 Å². The van der Waals surface area contributed by atoms with Gasteiger partial charge in [-0.15, -0.1) is 5.10 Å². The maximum absolute atomic E-state index is 12.7. The Morgan fingerprint density at radius 1 is 1.14 bits per heavy atom. The summed E-state index contributed by atoms with van der Waals surface area (Å²) >= 11 is 0. The van der Waals surface area contributed by atoms with Gasteiger partial charge in [-0.3, -0.25) is 4.79 Å². The summed E-state index contributed by atoms with van der Waals surface area (Å²) in [6.45, 7) is 4.33. The summed E-state index contributed by atoms with van der Waals surface area (Å²) in [6, 6.07) is 17.6. The molecule has 1 aliphatic heterocycles. The van der Waals surface area contributed by atoms with E-state index in [-0.39, 0.29) is 5.91 Å². The van der Waals surface area contributed by atoms with Gasteiger partial charge in [-0.1, -0.05) is 35.5 Å². The number of ether oxygens (including phenoxy) is 1. The number of nitrogens with one attached hydrogen (secondary N) is 2. The Bertz CT molecular complexity index is 947. The summed E-state index contributed by atoms with van der Waals surface area (Å²) in [7, 11) is 0. The van der Waals surface area contributed by atoms with Crippen LogP contribution in [-0.4, -0.2) is 34.0 Å². The van der Waals surface area contributed by atoms with E-state index in [0.29, 0.717) is 24.0 Å². The van der Waals surface area contributed by atoms with Crippen LogP contribution in [0.1, 0.15) is 40.6 Å². The van der Waals surface area contributed by atoms with Gasteiger partial charge in [0.1, 0.15) is 12.4 Å². The average Bonchev–Trinajstić information content (AvgIpc) is 3.16. The third kappa shape index (κ3) is 4.63. The number of carbonyl (C=O) groups is 1. The van der Waals surface area contributed by atoms with Crippen LogP contribution in [-0.2, 0) is 6.61 Å². The first-order valence-corrected chi connectivity index (χ1v) is 9.91. The fourth-order valence-corrected chi connectivity index (χ4v) is 3.51. The van der Waals surface area contributed by atoms with Crippen molar-refractivity contribution >= 4 is 11.6 Å². The van der Waals surface area contributed by atoms with E-state index < -0.39 is 0 Å². The second-order valence-corrected chi connectivity index (χ2v) is 7.20. The smallest absolute Gasteiger partial charge is 0.278 e. The highest BCUT2D eigenvalue weighted by Crippen LogP contribution is 2.21. The van der Waals surface area contributed by atoms with Crippen LogP contribution in [0, 0.1) is 6.92 Å². The van der Waals surface area contributed by atoms with Crippen molar-refractivity contribution in [3.05, 3.63) is 71.5 Å². The van der Waals surface area contributed by atoms with E-state index >= 15 is 0 Å². The number of aromatic nitrogens is 3. The number of piperidine rings is 1. The molecular weight excluding hydrogens is 366 g/mol. The first kappa shape index (κ1) is 19.1. The van der Waals surface area contributed by atoms with Crippen LogP contribution in [0.15, 0.2) is 54.6 Å². The molecular formula is C22H25N5O2. The van der Waals surface area contributed by atoms with Crippen LogP contribution in [0.3, 0.4) is 0 Å². The zero-order valence-corrected chi connectivity index (χ0v) is 16.5. The van der Waals surface area contributed by atoms with Gasteiger partial charge in [0.2, 0.25) is 0 Å². The summed E-state index contributed by atoms with van der Waals surface area (Å²) in [5, 5.41) is 14.6. The number of nitrogens with zero attached hydrogens (tertiary/aromatic N) is 3. The molecule has 4 rings (SSSR count). The van der Waals surface area contributed by atoms with Gasteiger partial charge in [-0.2, -0.15) is 0 Å². The standard InChI is InChI=1S/C22H25N5O2/c1-16-21(25-26-27(16)19-11-13-23-14-12-19)22(28)24-18-7-9-20(10-8-18)29-15-17-5-3-2-4-6-17/h2-10,19,23H,11-15H2,1H3,(H,24,28). The molecule has 7 nitrogen and oxygen atoms in total. The number of rotatable bonds is 6. The van der Waals surface area contributed by atoms with Crippen LogP contribution in [0.2, 0.25) is 0 Å². The Kier molecular flexibility index (Phi) is 5.86. The molecule has 1 aromatic heterocycles. The van der Waals surface area contributed by atoms with Crippen molar-refractivity contribution in [3.8, 4) is 5.75 Å². The number of amides is 1. The highest BCUT2D eigenvalue weighted by atomic mass is 16.5. The quantitative estimate of drug-likeness (QED) is 0.674. The summed E-state index contributed by atoms with van der Waals surface area (Å²) in [5.41, 5.74) is 2.97. The number of anilines is 1. The lowest BCUT2D eigenvalue weighted by Gasteiger charge is -2.23. The van der Waals surface area contributed by atoms with Crippen LogP contribution in [0.4, 0.5) is 5.69 Å². The number of hydrogen-bond acceptors (Lipinski definition) is 5. The van der Waals surface area contributed by atoms with Gasteiger partial charge in [-0.25, -0.2) is 4.68 Å². The maximum atomic E-state index is 12.7. The van der Waals surface area contributed by atoms with Gasteiger partial charge in [0.25, 0.3) is 5.91 Å². The van der Waals surface area contributed by atoms with E-state index in [1.807, 2.05) is 66.2 Å². The first-order valence-electron chi connectivity index (χ1n) is 9.91. The van der Waals surface area contributed by atoms with E-state index in [1.54, 1.807) is 0 Å². The highest BCUT2D eigenvalue weighted by Gasteiger charge is 2.22. The number of benzene rings is 2. The molecule has 29 heavy (non-hydrogen) atoms. The first-order chi connectivity index (χ1) is 14.2. The largest absolute Gasteiger partial charge is 0.489 e. The van der Waals surface area contributed by atoms with Crippen molar-refractivity contribution in [3.63, 3.8) is 0 Å². The molecule has 0 aliphatic carbocycles. The summed E-state index contributed by atoms with van der Waals surface area (Å²) < 4.78 is 7.67. The lowest BCUT2D eigenvalue weighted by molar-refractivity contribution is 0.102. The highest BCUT2D eigenvalue weighted by molar-refractivity contribution is 6.03. The molecule has 2 N–H and O–H groups in total. The molecule has 1 aliphatic rings. The molecule has 2 aromatic carbocycles. The van der Waals surface area contributed by atoms with Crippen molar-refractivity contribution < 1.29 is 9.53 Å². The Morgan fingerprint density at radius 3 is 2.59 bits per heavy atom. The minimum Gasteiger partial charge on any atom is -0.489 e. The molecule has 1 fully saturated rings. The van der Waals surface area contributed by atoms with Gasteiger partial charge in [0.05, 0.1) is 11.7 Å². The Morgan fingerprint density at radius 2 is 1.86 bits per heavy atom. The van der Waals surface area contributed by atoms with E-state index in [9.17, 15) is 4.79 Å². The Hall–Kier alpha value is -3.19.